The molecule has 1 unspecified atom stereocenters. The number of ether oxygens (including phenoxy) is 2. The maximum Gasteiger partial charge on any atom is 0.188 e. The minimum atomic E-state index is -0.124. The number of rotatable bonds is 5. The molecule has 1 atom stereocenters. The van der Waals surface area contributed by atoms with Crippen molar-refractivity contribution >= 4 is 29.9 Å². The van der Waals surface area contributed by atoms with Crippen LogP contribution in [-0.4, -0.2) is 36.7 Å². The van der Waals surface area contributed by atoms with Gasteiger partial charge in [-0.25, -0.2) is 4.99 Å². The highest BCUT2D eigenvalue weighted by atomic mass is 127. The largest absolute Gasteiger partial charge is 0.486 e. The molecule has 2 heterocycles. The summed E-state index contributed by atoms with van der Waals surface area (Å²) in [5.41, 5.74) is 6.89. The molecule has 128 valence electrons. The Hall–Kier alpha value is -2.03. The average Bonchev–Trinajstić information content (AvgIpc) is 2.61. The lowest BCUT2D eigenvalue weighted by molar-refractivity contribution is 0.0972. The number of hydrogen-bond acceptors (Lipinski definition) is 4. The van der Waals surface area contributed by atoms with Crippen LogP contribution in [0.5, 0.6) is 11.5 Å². The van der Waals surface area contributed by atoms with Crippen molar-refractivity contribution in [3.63, 3.8) is 0 Å². The van der Waals surface area contributed by atoms with Gasteiger partial charge in [0.15, 0.2) is 23.6 Å². The highest BCUT2D eigenvalue weighted by molar-refractivity contribution is 14.0. The van der Waals surface area contributed by atoms with Crippen LogP contribution >= 0.6 is 24.0 Å². The monoisotopic (exact) mass is 440 g/mol. The van der Waals surface area contributed by atoms with Crippen molar-refractivity contribution in [3.8, 4) is 11.5 Å². The topological polar surface area (TPSA) is 81.8 Å². The van der Waals surface area contributed by atoms with E-state index in [1.54, 1.807) is 6.20 Å². The van der Waals surface area contributed by atoms with Gasteiger partial charge in [-0.1, -0.05) is 18.2 Å². The SMILES string of the molecule is I.NC(=NCC1COc2ccccc2O1)NCCc1ccccn1. The number of para-hydroxylation sites is 2. The molecule has 6 nitrogen and oxygen atoms in total. The van der Waals surface area contributed by atoms with Crippen LogP contribution in [-0.2, 0) is 6.42 Å². The Kier molecular flexibility index (Phi) is 7.10. The number of hydrogen-bond donors (Lipinski definition) is 2. The minimum absolute atomic E-state index is 0. The van der Waals surface area contributed by atoms with Gasteiger partial charge in [0.05, 0.1) is 6.54 Å². The number of halogens is 1. The summed E-state index contributed by atoms with van der Waals surface area (Å²) in [5.74, 6) is 1.93. The molecule has 3 N–H and O–H groups in total. The zero-order valence-corrected chi connectivity index (χ0v) is 15.6. The third-order valence-corrected chi connectivity index (χ3v) is 3.45. The van der Waals surface area contributed by atoms with Crippen molar-refractivity contribution in [1.29, 1.82) is 0 Å². The number of guanidine groups is 1. The molecule has 7 heteroatoms. The Morgan fingerprint density at radius 1 is 1.21 bits per heavy atom. The molecule has 24 heavy (non-hydrogen) atoms. The van der Waals surface area contributed by atoms with Gasteiger partial charge in [-0.2, -0.15) is 0 Å². The van der Waals surface area contributed by atoms with E-state index in [4.69, 9.17) is 15.2 Å². The second-order valence-corrected chi connectivity index (χ2v) is 5.22. The van der Waals surface area contributed by atoms with E-state index in [0.717, 1.165) is 23.6 Å². The smallest absolute Gasteiger partial charge is 0.188 e. The standard InChI is InChI=1S/C17H20N4O2.HI/c18-17(20-10-8-13-5-3-4-9-19-13)21-11-14-12-22-15-6-1-2-7-16(15)23-14;/h1-7,9,14H,8,10-12H2,(H3,18,20,21);1H. The second kappa shape index (κ2) is 9.31. The van der Waals surface area contributed by atoms with Gasteiger partial charge < -0.3 is 20.5 Å². The maximum absolute atomic E-state index is 5.87. The molecule has 0 saturated carbocycles. The molecule has 0 saturated heterocycles. The lowest BCUT2D eigenvalue weighted by Crippen LogP contribution is -2.36. The summed E-state index contributed by atoms with van der Waals surface area (Å²) in [7, 11) is 0. The van der Waals surface area contributed by atoms with E-state index in [9.17, 15) is 0 Å². The molecule has 0 spiro atoms. The van der Waals surface area contributed by atoms with Gasteiger partial charge in [0.2, 0.25) is 0 Å². The van der Waals surface area contributed by atoms with Gasteiger partial charge in [-0.3, -0.25) is 4.98 Å². The van der Waals surface area contributed by atoms with Crippen LogP contribution in [0.3, 0.4) is 0 Å². The molecule has 0 radical (unpaired) electrons. The molecule has 1 aromatic heterocycles. The summed E-state index contributed by atoms with van der Waals surface area (Å²) >= 11 is 0. The molecule has 2 aromatic rings. The zero-order chi connectivity index (χ0) is 15.9. The number of aromatic nitrogens is 1. The number of pyridine rings is 1. The summed E-state index contributed by atoms with van der Waals surface area (Å²) in [6.07, 6.45) is 2.46. The predicted octanol–water partition coefficient (Wildman–Crippen LogP) is 1.99. The highest BCUT2D eigenvalue weighted by Gasteiger charge is 2.20. The van der Waals surface area contributed by atoms with E-state index in [2.05, 4.69) is 15.3 Å². The number of fused-ring (bicyclic) bond motifs is 1. The second-order valence-electron chi connectivity index (χ2n) is 5.22. The predicted molar refractivity (Wildman–Crippen MR) is 104 cm³/mol. The Morgan fingerprint density at radius 2 is 2.00 bits per heavy atom. The molecule has 3 rings (SSSR count). The quantitative estimate of drug-likeness (QED) is 0.422. The van der Waals surface area contributed by atoms with Crippen LogP contribution < -0.4 is 20.5 Å². The van der Waals surface area contributed by atoms with Gasteiger partial charge in [0.25, 0.3) is 0 Å². The fourth-order valence-electron chi connectivity index (χ4n) is 2.27. The molecular formula is C17H21IN4O2. The van der Waals surface area contributed by atoms with Crippen LogP contribution in [0.1, 0.15) is 5.69 Å². The first kappa shape index (κ1) is 18.3. The van der Waals surface area contributed by atoms with Crippen molar-refractivity contribution in [2.45, 2.75) is 12.5 Å². The van der Waals surface area contributed by atoms with Crippen LogP contribution in [0.4, 0.5) is 0 Å². The zero-order valence-electron chi connectivity index (χ0n) is 13.2. The third kappa shape index (κ3) is 5.26. The molecule has 1 aromatic carbocycles. The molecule has 0 bridgehead atoms. The Morgan fingerprint density at radius 3 is 2.79 bits per heavy atom. The van der Waals surface area contributed by atoms with E-state index in [0.29, 0.717) is 25.7 Å². The Bertz CT molecular complexity index is 667. The highest BCUT2D eigenvalue weighted by Crippen LogP contribution is 2.30. The Labute approximate surface area is 158 Å². The number of nitrogens with two attached hydrogens (primary N) is 1. The summed E-state index contributed by atoms with van der Waals surface area (Å²) in [5, 5.41) is 3.08. The summed E-state index contributed by atoms with van der Waals surface area (Å²) < 4.78 is 11.5. The number of nitrogens with one attached hydrogen (secondary N) is 1. The van der Waals surface area contributed by atoms with Crippen molar-refractivity contribution in [1.82, 2.24) is 10.3 Å². The fraction of sp³-hybridized carbons (Fsp3) is 0.294. The lowest BCUT2D eigenvalue weighted by atomic mass is 10.2. The molecular weight excluding hydrogens is 419 g/mol. The van der Waals surface area contributed by atoms with Gasteiger partial charge in [-0.15, -0.1) is 24.0 Å². The Balaban J connectivity index is 0.00000208. The van der Waals surface area contributed by atoms with Crippen LogP contribution in [0, 0.1) is 0 Å². The first-order valence-corrected chi connectivity index (χ1v) is 7.63. The van der Waals surface area contributed by atoms with Crippen molar-refractivity contribution in [2.75, 3.05) is 19.7 Å². The van der Waals surface area contributed by atoms with E-state index >= 15 is 0 Å². The van der Waals surface area contributed by atoms with Gasteiger partial charge in [0, 0.05) is 24.9 Å². The van der Waals surface area contributed by atoms with E-state index in [1.165, 1.54) is 0 Å². The normalized spacial score (nSPS) is 16.2. The fourth-order valence-corrected chi connectivity index (χ4v) is 2.27. The third-order valence-electron chi connectivity index (χ3n) is 3.45. The average molecular weight is 440 g/mol. The molecule has 0 amide bonds. The van der Waals surface area contributed by atoms with Gasteiger partial charge >= 0.3 is 0 Å². The van der Waals surface area contributed by atoms with E-state index < -0.39 is 0 Å². The maximum atomic E-state index is 5.87. The molecule has 1 aliphatic heterocycles. The van der Waals surface area contributed by atoms with Crippen LogP contribution in [0.2, 0.25) is 0 Å². The van der Waals surface area contributed by atoms with Crippen molar-refractivity contribution in [2.24, 2.45) is 10.7 Å². The first-order valence-electron chi connectivity index (χ1n) is 7.63. The van der Waals surface area contributed by atoms with Crippen molar-refractivity contribution < 1.29 is 9.47 Å². The van der Waals surface area contributed by atoms with Crippen LogP contribution in [0.25, 0.3) is 0 Å². The van der Waals surface area contributed by atoms with E-state index in [-0.39, 0.29) is 30.1 Å². The molecule has 1 aliphatic rings. The molecule has 0 aliphatic carbocycles. The first-order chi connectivity index (χ1) is 11.3. The number of nitrogens with zero attached hydrogens (tertiary/aromatic N) is 2. The molecule has 0 fully saturated rings. The van der Waals surface area contributed by atoms with Gasteiger partial charge in [-0.05, 0) is 24.3 Å². The van der Waals surface area contributed by atoms with Crippen LogP contribution in [0.15, 0.2) is 53.7 Å². The number of aliphatic imine (C=N–C) groups is 1. The van der Waals surface area contributed by atoms with Gasteiger partial charge in [0.1, 0.15) is 6.61 Å². The summed E-state index contributed by atoms with van der Waals surface area (Å²) in [6.45, 7) is 1.62. The van der Waals surface area contributed by atoms with Crippen molar-refractivity contribution in [3.05, 3.63) is 54.4 Å². The number of benzene rings is 1. The minimum Gasteiger partial charge on any atom is -0.486 e. The summed E-state index contributed by atoms with van der Waals surface area (Å²) in [4.78, 5) is 8.57. The lowest BCUT2D eigenvalue weighted by Gasteiger charge is -2.25. The van der Waals surface area contributed by atoms with E-state index in [1.807, 2.05) is 42.5 Å². The summed E-state index contributed by atoms with van der Waals surface area (Å²) in [6, 6.07) is 13.5.